The number of quaternary nitrogens is 1. The van der Waals surface area contributed by atoms with E-state index in [0.717, 1.165) is 16.6 Å². The number of hydrogen-bond acceptors (Lipinski definition) is 3. The van der Waals surface area contributed by atoms with Crippen molar-refractivity contribution in [2.24, 2.45) is 0 Å². The number of morpholine rings is 1. The Morgan fingerprint density at radius 1 is 0.906 bits per heavy atom. The number of epoxide rings is 1. The third-order valence-electron chi connectivity index (χ3n) is 7.23. The Morgan fingerprint density at radius 2 is 1.38 bits per heavy atom. The molecule has 3 aliphatic heterocycles. The summed E-state index contributed by atoms with van der Waals surface area (Å²) >= 11 is 0. The molecule has 32 heavy (non-hydrogen) atoms. The zero-order chi connectivity index (χ0) is 23.0. The van der Waals surface area contributed by atoms with Gasteiger partial charge in [0.15, 0.2) is 23.3 Å². The van der Waals surface area contributed by atoms with Crippen LogP contribution in [0.5, 0.6) is 0 Å². The summed E-state index contributed by atoms with van der Waals surface area (Å²) in [6.07, 6.45) is 0.424. The van der Waals surface area contributed by atoms with Gasteiger partial charge in [-0.05, 0) is 24.3 Å². The number of carbonyl (C=O) groups excluding carboxylic acids is 1. The second kappa shape index (κ2) is 6.99. The first kappa shape index (κ1) is 21.3. The summed E-state index contributed by atoms with van der Waals surface area (Å²) in [5, 5.41) is 0. The third kappa shape index (κ3) is 3.05. The van der Waals surface area contributed by atoms with Gasteiger partial charge in [0.1, 0.15) is 30.4 Å². The van der Waals surface area contributed by atoms with Crippen LogP contribution in [0.25, 0.3) is 0 Å². The van der Waals surface area contributed by atoms with E-state index in [9.17, 15) is 22.4 Å². The monoisotopic (exact) mass is 454 g/mol. The standard InChI is InChI=1S/C23H21F5NO3/c1-29(2)18-9-13(10-19(29)21-20(18)32-21)31-22(30)23(28,11-3-5-14(24)16(26)7-11)12-4-6-15(25)17(27)8-12/h3-8,13,18-21H,9-10H2,1-2H3/q+1/t13?,18-,19?,20-,21?/m0/s1. The lowest BCUT2D eigenvalue weighted by atomic mass is 9.87. The number of halogens is 5. The molecule has 0 aromatic heterocycles. The average molecular weight is 454 g/mol. The molecule has 0 radical (unpaired) electrons. The van der Waals surface area contributed by atoms with Crippen molar-refractivity contribution in [2.45, 2.75) is 48.9 Å². The van der Waals surface area contributed by atoms with Gasteiger partial charge in [-0.25, -0.2) is 26.7 Å². The molecule has 2 aromatic carbocycles. The summed E-state index contributed by atoms with van der Waals surface area (Å²) < 4.78 is 83.0. The summed E-state index contributed by atoms with van der Waals surface area (Å²) in [5.74, 6) is -6.63. The molecule has 0 spiro atoms. The lowest BCUT2D eigenvalue weighted by Crippen LogP contribution is -2.60. The number of alkyl halides is 1. The number of ether oxygens (including phenoxy) is 2. The molecule has 5 rings (SSSR count). The molecule has 3 fully saturated rings. The number of rotatable bonds is 4. The summed E-state index contributed by atoms with van der Waals surface area (Å²) in [7, 11) is 4.15. The smallest absolute Gasteiger partial charge is 0.353 e. The number of likely N-dealkylation sites (N-methyl/N-ethyl adjacent to an activating group) is 1. The first-order valence-corrected chi connectivity index (χ1v) is 10.3. The SMILES string of the molecule is C[N+]1(C)C2CC(OC(=O)C(F)(c3ccc(F)c(F)c3)c3ccc(F)c(F)c3)C[C@H]1[C@@H]1OC21. The van der Waals surface area contributed by atoms with Crippen molar-refractivity contribution < 1.29 is 40.7 Å². The molecule has 9 heteroatoms. The fourth-order valence-electron chi connectivity index (χ4n) is 5.36. The van der Waals surface area contributed by atoms with E-state index in [4.69, 9.17) is 9.47 Å². The summed E-state index contributed by atoms with van der Waals surface area (Å²) in [6.45, 7) is 0. The summed E-state index contributed by atoms with van der Waals surface area (Å²) in [6, 6.07) is 4.30. The zero-order valence-electron chi connectivity index (χ0n) is 17.3. The molecular weight excluding hydrogens is 433 g/mol. The van der Waals surface area contributed by atoms with E-state index in [1.807, 2.05) is 0 Å². The largest absolute Gasteiger partial charge is 0.459 e. The molecular formula is C23H21F5NO3+. The van der Waals surface area contributed by atoms with Crippen LogP contribution in [0.15, 0.2) is 36.4 Å². The average Bonchev–Trinajstić information content (AvgIpc) is 3.50. The van der Waals surface area contributed by atoms with E-state index in [2.05, 4.69) is 14.1 Å². The second-order valence-electron chi connectivity index (χ2n) is 9.24. The fourth-order valence-corrected chi connectivity index (χ4v) is 5.36. The quantitative estimate of drug-likeness (QED) is 0.306. The molecule has 0 aliphatic carbocycles. The van der Waals surface area contributed by atoms with Crippen LogP contribution in [0.4, 0.5) is 22.0 Å². The molecule has 2 bridgehead atoms. The van der Waals surface area contributed by atoms with E-state index >= 15 is 4.39 Å². The predicted molar refractivity (Wildman–Crippen MR) is 102 cm³/mol. The Labute approximate surface area is 181 Å². The number of piperidine rings is 1. The van der Waals surface area contributed by atoms with Gasteiger partial charge in [0.05, 0.1) is 14.1 Å². The van der Waals surface area contributed by atoms with Crippen LogP contribution in [0, 0.1) is 23.3 Å². The van der Waals surface area contributed by atoms with E-state index in [1.165, 1.54) is 0 Å². The van der Waals surface area contributed by atoms with Crippen molar-refractivity contribution in [3.63, 3.8) is 0 Å². The van der Waals surface area contributed by atoms with Crippen LogP contribution in [0.3, 0.4) is 0 Å². The maximum absolute atomic E-state index is 16.4. The minimum absolute atomic E-state index is 0.0752. The van der Waals surface area contributed by atoms with Gasteiger partial charge in [0, 0.05) is 24.0 Å². The maximum atomic E-state index is 16.4. The summed E-state index contributed by atoms with van der Waals surface area (Å²) in [5.41, 5.74) is -4.31. The van der Waals surface area contributed by atoms with Crippen molar-refractivity contribution in [2.75, 3.05) is 14.1 Å². The van der Waals surface area contributed by atoms with Crippen LogP contribution in [-0.4, -0.2) is 54.9 Å². The Balaban J connectivity index is 1.48. The van der Waals surface area contributed by atoms with E-state index in [-0.39, 0.29) is 24.3 Å². The van der Waals surface area contributed by atoms with Crippen LogP contribution in [-0.2, 0) is 19.9 Å². The first-order valence-electron chi connectivity index (χ1n) is 10.3. The second-order valence-corrected chi connectivity index (χ2v) is 9.24. The number of benzene rings is 2. The minimum Gasteiger partial charge on any atom is -0.459 e. The van der Waals surface area contributed by atoms with Gasteiger partial charge in [-0.2, -0.15) is 0 Å². The highest BCUT2D eigenvalue weighted by Crippen LogP contribution is 2.52. The molecule has 2 aromatic rings. The molecule has 4 nitrogen and oxygen atoms in total. The lowest BCUT2D eigenvalue weighted by Gasteiger charge is -2.45. The van der Waals surface area contributed by atoms with Crippen molar-refractivity contribution in [1.29, 1.82) is 0 Å². The molecule has 0 N–H and O–H groups in total. The minimum atomic E-state index is -3.16. The number of hydrogen-bond donors (Lipinski definition) is 0. The van der Waals surface area contributed by atoms with Gasteiger partial charge < -0.3 is 14.0 Å². The molecule has 3 unspecified atom stereocenters. The van der Waals surface area contributed by atoms with Gasteiger partial charge in [0.25, 0.3) is 5.67 Å². The number of carbonyl (C=O) groups is 1. The fraction of sp³-hybridized carbons (Fsp3) is 0.435. The molecule has 0 saturated carbocycles. The van der Waals surface area contributed by atoms with Crippen LogP contribution in [0.1, 0.15) is 24.0 Å². The Morgan fingerprint density at radius 3 is 1.81 bits per heavy atom. The maximum Gasteiger partial charge on any atom is 0.353 e. The normalized spacial score (nSPS) is 30.0. The highest BCUT2D eigenvalue weighted by Gasteiger charge is 2.71. The van der Waals surface area contributed by atoms with Crippen molar-refractivity contribution in [1.82, 2.24) is 0 Å². The molecule has 5 atom stereocenters. The Bertz CT molecular complexity index is 1040. The number of fused-ring (bicyclic) bond motifs is 5. The molecule has 3 saturated heterocycles. The topological polar surface area (TPSA) is 38.8 Å². The zero-order valence-corrected chi connectivity index (χ0v) is 17.3. The van der Waals surface area contributed by atoms with Crippen LogP contribution in [0.2, 0.25) is 0 Å². The van der Waals surface area contributed by atoms with Gasteiger partial charge in [-0.15, -0.1) is 0 Å². The molecule has 3 heterocycles. The predicted octanol–water partition coefficient (Wildman–Crippen LogP) is 3.76. The van der Waals surface area contributed by atoms with Crippen molar-refractivity contribution in [3.05, 3.63) is 70.8 Å². The molecule has 0 amide bonds. The summed E-state index contributed by atoms with van der Waals surface area (Å²) in [4.78, 5) is 13.1. The highest BCUT2D eigenvalue weighted by atomic mass is 19.2. The lowest BCUT2D eigenvalue weighted by molar-refractivity contribution is -0.938. The van der Waals surface area contributed by atoms with Crippen LogP contribution < -0.4 is 0 Å². The van der Waals surface area contributed by atoms with Crippen LogP contribution >= 0.6 is 0 Å². The molecule has 3 aliphatic rings. The van der Waals surface area contributed by atoms with E-state index < -0.39 is 52.1 Å². The van der Waals surface area contributed by atoms with Gasteiger partial charge in [0.2, 0.25) is 0 Å². The van der Waals surface area contributed by atoms with E-state index in [1.54, 1.807) is 0 Å². The Kier molecular flexibility index (Phi) is 4.66. The van der Waals surface area contributed by atoms with Gasteiger partial charge in [-0.3, -0.25) is 0 Å². The number of esters is 1. The number of nitrogens with zero attached hydrogens (tertiary/aromatic N) is 1. The van der Waals surface area contributed by atoms with Gasteiger partial charge >= 0.3 is 5.97 Å². The third-order valence-corrected chi connectivity index (χ3v) is 7.23. The van der Waals surface area contributed by atoms with Crippen molar-refractivity contribution >= 4 is 5.97 Å². The first-order chi connectivity index (χ1) is 15.0. The van der Waals surface area contributed by atoms with Gasteiger partial charge in [-0.1, -0.05) is 12.1 Å². The highest BCUT2D eigenvalue weighted by molar-refractivity contribution is 5.85. The van der Waals surface area contributed by atoms with Crippen molar-refractivity contribution in [3.8, 4) is 0 Å². The molecule has 170 valence electrons. The Hall–Kier alpha value is -2.52. The van der Waals surface area contributed by atoms with E-state index in [0.29, 0.717) is 37.1 Å².